The van der Waals surface area contributed by atoms with Crippen molar-refractivity contribution < 1.29 is 23.7 Å². The van der Waals surface area contributed by atoms with Crippen molar-refractivity contribution >= 4 is 0 Å². The zero-order chi connectivity index (χ0) is 12.8. The first kappa shape index (κ1) is 13.7. The highest BCUT2D eigenvalue weighted by molar-refractivity contribution is 5.39. The van der Waals surface area contributed by atoms with Crippen LogP contribution in [0.4, 0.5) is 8.78 Å². The van der Waals surface area contributed by atoms with Gasteiger partial charge in [-0.15, -0.1) is 0 Å². The molecule has 1 aromatic rings. The minimum atomic E-state index is -2.78. The second kappa shape index (κ2) is 6.36. The van der Waals surface area contributed by atoms with E-state index in [2.05, 4.69) is 5.32 Å². The predicted molar refractivity (Wildman–Crippen MR) is 58.4 cm³/mol. The van der Waals surface area contributed by atoms with E-state index in [1.54, 1.807) is 12.1 Å². The van der Waals surface area contributed by atoms with Gasteiger partial charge in [0.15, 0.2) is 0 Å². The van der Waals surface area contributed by atoms with Crippen LogP contribution in [0, 0.1) is 0 Å². The van der Waals surface area contributed by atoms with Gasteiger partial charge in [0, 0.05) is 18.7 Å². The zero-order valence-corrected chi connectivity index (χ0v) is 9.36. The Balaban J connectivity index is 2.51. The third kappa shape index (κ3) is 4.16. The average molecular weight is 247 g/mol. The summed E-state index contributed by atoms with van der Waals surface area (Å²) in [6.07, 6.45) is -4.48. The molecule has 0 spiro atoms. The van der Waals surface area contributed by atoms with Gasteiger partial charge in [-0.1, -0.05) is 0 Å². The third-order valence-electron chi connectivity index (χ3n) is 2.25. The van der Waals surface area contributed by atoms with E-state index in [-0.39, 0.29) is 18.8 Å². The van der Waals surface area contributed by atoms with E-state index in [4.69, 9.17) is 9.84 Å². The largest absolute Gasteiger partial charge is 0.508 e. The molecule has 1 aromatic carbocycles. The van der Waals surface area contributed by atoms with Crippen molar-refractivity contribution in [3.8, 4) is 11.5 Å². The predicted octanol–water partition coefficient (Wildman–Crippen LogP) is 1.12. The summed E-state index contributed by atoms with van der Waals surface area (Å²) in [6, 6.07) is 4.64. The van der Waals surface area contributed by atoms with E-state index in [0.717, 1.165) is 0 Å². The van der Waals surface area contributed by atoms with Crippen LogP contribution < -0.4 is 10.1 Å². The number of aliphatic hydroxyl groups excluding tert-OH is 1. The molecule has 0 saturated carbocycles. The molecule has 1 unspecified atom stereocenters. The van der Waals surface area contributed by atoms with Crippen LogP contribution in [-0.4, -0.2) is 36.4 Å². The fraction of sp³-hybridized carbons (Fsp3) is 0.455. The minimum absolute atomic E-state index is 0.0461. The molecule has 3 N–H and O–H groups in total. The highest BCUT2D eigenvalue weighted by Crippen LogP contribution is 2.22. The number of aliphatic hydroxyl groups is 1. The van der Waals surface area contributed by atoms with Crippen molar-refractivity contribution in [1.82, 2.24) is 5.32 Å². The van der Waals surface area contributed by atoms with Crippen molar-refractivity contribution in [1.29, 1.82) is 0 Å². The summed E-state index contributed by atoms with van der Waals surface area (Å²) in [7, 11) is 1.49. The van der Waals surface area contributed by atoms with E-state index in [0.29, 0.717) is 11.3 Å². The molecule has 0 radical (unpaired) electrons. The van der Waals surface area contributed by atoms with E-state index in [1.165, 1.54) is 13.2 Å². The van der Waals surface area contributed by atoms with Crippen molar-refractivity contribution in [2.75, 3.05) is 13.7 Å². The van der Waals surface area contributed by atoms with Gasteiger partial charge in [-0.3, -0.25) is 0 Å². The van der Waals surface area contributed by atoms with Crippen LogP contribution in [0.3, 0.4) is 0 Å². The van der Waals surface area contributed by atoms with Gasteiger partial charge < -0.3 is 20.3 Å². The Labute approximate surface area is 97.8 Å². The van der Waals surface area contributed by atoms with Crippen molar-refractivity contribution in [3.63, 3.8) is 0 Å². The van der Waals surface area contributed by atoms with Gasteiger partial charge in [0.05, 0.1) is 7.11 Å². The minimum Gasteiger partial charge on any atom is -0.508 e. The van der Waals surface area contributed by atoms with E-state index in [9.17, 15) is 13.9 Å². The molecule has 96 valence electrons. The maximum Gasteiger partial charge on any atom is 0.265 e. The number of alkyl halides is 2. The highest BCUT2D eigenvalue weighted by atomic mass is 19.3. The Morgan fingerprint density at radius 3 is 2.71 bits per heavy atom. The number of nitrogens with one attached hydrogen (secondary N) is 1. The standard InChI is InChI=1S/C11H15F2NO3/c1-17-8-2-3-9(15)7(4-8)5-14-6-10(16)11(12)13/h2-4,10-11,14-16H,5-6H2,1H3. The summed E-state index contributed by atoms with van der Waals surface area (Å²) in [6.45, 7) is -0.0683. The number of benzene rings is 1. The molecule has 1 atom stereocenters. The first-order chi connectivity index (χ1) is 8.04. The molecule has 0 saturated heterocycles. The quantitative estimate of drug-likeness (QED) is 0.705. The molecule has 0 aromatic heterocycles. The lowest BCUT2D eigenvalue weighted by Gasteiger charge is -2.12. The van der Waals surface area contributed by atoms with Crippen LogP contribution in [0.1, 0.15) is 5.56 Å². The van der Waals surface area contributed by atoms with Gasteiger partial charge in [-0.25, -0.2) is 8.78 Å². The molecule has 0 fully saturated rings. The highest BCUT2D eigenvalue weighted by Gasteiger charge is 2.15. The maximum atomic E-state index is 12.0. The second-order valence-corrected chi connectivity index (χ2v) is 3.53. The number of ether oxygens (including phenoxy) is 1. The number of halogens is 2. The molecule has 0 aliphatic rings. The van der Waals surface area contributed by atoms with Gasteiger partial charge in [0.2, 0.25) is 0 Å². The number of aromatic hydroxyl groups is 1. The monoisotopic (exact) mass is 247 g/mol. The molecule has 4 nitrogen and oxygen atoms in total. The number of methoxy groups -OCH3 is 1. The summed E-state index contributed by atoms with van der Waals surface area (Å²) in [5.41, 5.74) is 0.519. The smallest absolute Gasteiger partial charge is 0.265 e. The number of hydrogen-bond donors (Lipinski definition) is 3. The van der Waals surface area contributed by atoms with Gasteiger partial charge >= 0.3 is 0 Å². The lowest BCUT2D eigenvalue weighted by atomic mass is 10.2. The van der Waals surface area contributed by atoms with Gasteiger partial charge in [-0.05, 0) is 18.2 Å². The molecule has 0 heterocycles. The Hall–Kier alpha value is -1.40. The summed E-state index contributed by atoms with van der Waals surface area (Å²) in [5.74, 6) is 0.610. The van der Waals surface area contributed by atoms with Crippen LogP contribution >= 0.6 is 0 Å². The van der Waals surface area contributed by atoms with Gasteiger partial charge in [0.1, 0.15) is 17.6 Å². The third-order valence-corrected chi connectivity index (χ3v) is 2.25. The first-order valence-corrected chi connectivity index (χ1v) is 5.07. The molecule has 0 bridgehead atoms. The molecular weight excluding hydrogens is 232 g/mol. The van der Waals surface area contributed by atoms with Crippen LogP contribution in [0.5, 0.6) is 11.5 Å². The number of hydrogen-bond acceptors (Lipinski definition) is 4. The second-order valence-electron chi connectivity index (χ2n) is 3.53. The molecule has 0 amide bonds. The SMILES string of the molecule is COc1ccc(O)c(CNCC(O)C(F)F)c1. The lowest BCUT2D eigenvalue weighted by molar-refractivity contribution is -0.00342. The Morgan fingerprint density at radius 2 is 2.12 bits per heavy atom. The zero-order valence-electron chi connectivity index (χ0n) is 9.36. The topological polar surface area (TPSA) is 61.7 Å². The molecule has 0 aliphatic heterocycles. The van der Waals surface area contributed by atoms with Crippen molar-refractivity contribution in [2.45, 2.75) is 19.1 Å². The summed E-state index contributed by atoms with van der Waals surface area (Å²) >= 11 is 0. The summed E-state index contributed by atoms with van der Waals surface area (Å²) < 4.78 is 29.0. The van der Waals surface area contributed by atoms with E-state index >= 15 is 0 Å². The molecule has 17 heavy (non-hydrogen) atoms. The number of phenolic OH excluding ortho intramolecular Hbond substituents is 1. The van der Waals surface area contributed by atoms with Crippen molar-refractivity contribution in [3.05, 3.63) is 23.8 Å². The maximum absolute atomic E-state index is 12.0. The van der Waals surface area contributed by atoms with Crippen molar-refractivity contribution in [2.24, 2.45) is 0 Å². The average Bonchev–Trinajstić information content (AvgIpc) is 2.31. The number of rotatable bonds is 6. The Morgan fingerprint density at radius 1 is 1.41 bits per heavy atom. The molecule has 6 heteroatoms. The van der Waals surface area contributed by atoms with Gasteiger partial charge in [0.25, 0.3) is 6.43 Å². The van der Waals surface area contributed by atoms with Crippen LogP contribution in [-0.2, 0) is 6.54 Å². The van der Waals surface area contributed by atoms with E-state index in [1.807, 2.05) is 0 Å². The van der Waals surface area contributed by atoms with Crippen LogP contribution in [0.2, 0.25) is 0 Å². The van der Waals surface area contributed by atoms with Crippen LogP contribution in [0.25, 0.3) is 0 Å². The molecular formula is C11H15F2NO3. The van der Waals surface area contributed by atoms with E-state index < -0.39 is 12.5 Å². The summed E-state index contributed by atoms with van der Waals surface area (Å²) in [5, 5.41) is 21.0. The first-order valence-electron chi connectivity index (χ1n) is 5.07. The lowest BCUT2D eigenvalue weighted by Crippen LogP contribution is -2.31. The normalized spacial score (nSPS) is 12.8. The van der Waals surface area contributed by atoms with Crippen LogP contribution in [0.15, 0.2) is 18.2 Å². The fourth-order valence-corrected chi connectivity index (χ4v) is 1.27. The number of phenols is 1. The Bertz CT molecular complexity index is 361. The molecule has 0 aliphatic carbocycles. The Kier molecular flexibility index (Phi) is 5.11. The molecule has 1 rings (SSSR count). The fourth-order valence-electron chi connectivity index (χ4n) is 1.27. The summed E-state index contributed by atoms with van der Waals surface area (Å²) in [4.78, 5) is 0. The van der Waals surface area contributed by atoms with Gasteiger partial charge in [-0.2, -0.15) is 0 Å².